The number of carbonyl (C=O) groups excluding carboxylic acids is 1. The molecule has 1 N–H and O–H groups in total. The molecule has 5 heteroatoms. The van der Waals surface area contributed by atoms with Gasteiger partial charge in [0.25, 0.3) is 5.91 Å². The normalized spacial score (nSPS) is 11.9. The standard InChI is InChI=1S/C25H24N2O3/c1-3-17(2)19-11-14-23-22(15-19)27-25(30-23)18-9-12-20(13-10-18)26-24(28)16-29-21-7-5-4-6-8-21/h4-15,17H,3,16H2,1-2H3,(H,26,28)/t17-/m0/s1. The van der Waals surface area contributed by atoms with Gasteiger partial charge in [-0.3, -0.25) is 4.79 Å². The fourth-order valence-electron chi connectivity index (χ4n) is 3.17. The third-order valence-electron chi connectivity index (χ3n) is 5.12. The summed E-state index contributed by atoms with van der Waals surface area (Å²) < 4.78 is 11.4. The minimum atomic E-state index is -0.217. The van der Waals surface area contributed by atoms with E-state index in [-0.39, 0.29) is 12.5 Å². The molecule has 0 bridgehead atoms. The van der Waals surface area contributed by atoms with E-state index >= 15 is 0 Å². The van der Waals surface area contributed by atoms with Crippen LogP contribution in [0.2, 0.25) is 0 Å². The van der Waals surface area contributed by atoms with Gasteiger partial charge in [0.2, 0.25) is 5.89 Å². The molecule has 30 heavy (non-hydrogen) atoms. The summed E-state index contributed by atoms with van der Waals surface area (Å²) in [6.45, 7) is 4.34. The maximum absolute atomic E-state index is 12.1. The number of ether oxygens (including phenoxy) is 1. The van der Waals surface area contributed by atoms with Crippen LogP contribution in [0.25, 0.3) is 22.6 Å². The molecule has 4 rings (SSSR count). The van der Waals surface area contributed by atoms with E-state index in [9.17, 15) is 4.79 Å². The van der Waals surface area contributed by atoms with Gasteiger partial charge in [-0.25, -0.2) is 4.98 Å². The molecule has 4 aromatic rings. The molecule has 1 aromatic heterocycles. The lowest BCUT2D eigenvalue weighted by Gasteiger charge is -2.07. The van der Waals surface area contributed by atoms with E-state index < -0.39 is 0 Å². The predicted octanol–water partition coefficient (Wildman–Crippen LogP) is 6.03. The molecule has 0 radical (unpaired) electrons. The van der Waals surface area contributed by atoms with E-state index in [4.69, 9.17) is 9.15 Å². The number of hydrogen-bond donors (Lipinski definition) is 1. The Labute approximate surface area is 175 Å². The largest absolute Gasteiger partial charge is 0.484 e. The Bertz CT molecular complexity index is 1130. The highest BCUT2D eigenvalue weighted by Crippen LogP contribution is 2.28. The van der Waals surface area contributed by atoms with Crippen molar-refractivity contribution in [2.45, 2.75) is 26.2 Å². The molecule has 0 aliphatic rings. The van der Waals surface area contributed by atoms with Gasteiger partial charge in [-0.15, -0.1) is 0 Å². The average molecular weight is 400 g/mol. The number of hydrogen-bond acceptors (Lipinski definition) is 4. The smallest absolute Gasteiger partial charge is 0.262 e. The van der Waals surface area contributed by atoms with Crippen LogP contribution in [-0.2, 0) is 4.79 Å². The van der Waals surface area contributed by atoms with Crippen LogP contribution in [0.1, 0.15) is 31.7 Å². The zero-order valence-corrected chi connectivity index (χ0v) is 17.1. The second-order valence-electron chi connectivity index (χ2n) is 7.28. The van der Waals surface area contributed by atoms with Crippen molar-refractivity contribution < 1.29 is 13.9 Å². The molecule has 0 fully saturated rings. The van der Waals surface area contributed by atoms with Gasteiger partial charge in [0.05, 0.1) is 0 Å². The van der Waals surface area contributed by atoms with Crippen LogP contribution in [0.4, 0.5) is 5.69 Å². The van der Waals surface area contributed by atoms with Crippen LogP contribution in [0.15, 0.2) is 77.2 Å². The average Bonchev–Trinajstić information content (AvgIpc) is 3.22. The van der Waals surface area contributed by atoms with Crippen molar-refractivity contribution in [2.75, 3.05) is 11.9 Å². The topological polar surface area (TPSA) is 64.4 Å². The number of carbonyl (C=O) groups is 1. The van der Waals surface area contributed by atoms with Gasteiger partial charge in [-0.1, -0.05) is 38.1 Å². The van der Waals surface area contributed by atoms with E-state index in [0.29, 0.717) is 23.2 Å². The van der Waals surface area contributed by atoms with Crippen LogP contribution in [0.5, 0.6) is 5.75 Å². The summed E-state index contributed by atoms with van der Waals surface area (Å²) in [6, 6.07) is 22.9. The zero-order valence-electron chi connectivity index (χ0n) is 17.1. The first-order valence-corrected chi connectivity index (χ1v) is 10.1. The molecular weight excluding hydrogens is 376 g/mol. The number of rotatable bonds is 7. The quantitative estimate of drug-likeness (QED) is 0.412. The Balaban J connectivity index is 1.42. The third kappa shape index (κ3) is 4.51. The number of nitrogens with one attached hydrogen (secondary N) is 1. The van der Waals surface area contributed by atoms with Gasteiger partial charge >= 0.3 is 0 Å². The molecule has 0 spiro atoms. The molecular formula is C25H24N2O3. The number of oxazole rings is 1. The zero-order chi connectivity index (χ0) is 20.9. The summed E-state index contributed by atoms with van der Waals surface area (Å²) in [6.07, 6.45) is 1.08. The Morgan fingerprint density at radius 2 is 1.83 bits per heavy atom. The molecule has 3 aromatic carbocycles. The molecule has 0 saturated heterocycles. The minimum absolute atomic E-state index is 0.0462. The highest BCUT2D eigenvalue weighted by molar-refractivity contribution is 5.92. The molecule has 152 valence electrons. The van der Waals surface area contributed by atoms with Gasteiger partial charge in [0.15, 0.2) is 12.2 Å². The number of amides is 1. The fraction of sp³-hybridized carbons (Fsp3) is 0.200. The van der Waals surface area contributed by atoms with Crippen LogP contribution in [0.3, 0.4) is 0 Å². The first-order valence-electron chi connectivity index (χ1n) is 10.1. The maximum atomic E-state index is 12.1. The Kier molecular flexibility index (Phi) is 5.80. The van der Waals surface area contributed by atoms with Crippen molar-refractivity contribution >= 4 is 22.7 Å². The van der Waals surface area contributed by atoms with Crippen LogP contribution >= 0.6 is 0 Å². The maximum Gasteiger partial charge on any atom is 0.262 e. The summed E-state index contributed by atoms with van der Waals surface area (Å²) in [5.74, 6) is 1.50. The number of nitrogens with zero attached hydrogens (tertiary/aromatic N) is 1. The Hall–Kier alpha value is -3.60. The van der Waals surface area contributed by atoms with E-state index in [1.54, 1.807) is 0 Å². The van der Waals surface area contributed by atoms with Gasteiger partial charge in [-0.05, 0) is 66.4 Å². The number of anilines is 1. The second-order valence-corrected chi connectivity index (χ2v) is 7.28. The van der Waals surface area contributed by atoms with E-state index in [2.05, 4.69) is 36.3 Å². The van der Waals surface area contributed by atoms with Crippen LogP contribution in [0, 0.1) is 0 Å². The lowest BCUT2D eigenvalue weighted by Crippen LogP contribution is -2.20. The van der Waals surface area contributed by atoms with Gasteiger partial charge in [0.1, 0.15) is 11.3 Å². The minimum Gasteiger partial charge on any atom is -0.484 e. The second kappa shape index (κ2) is 8.82. The number of fused-ring (bicyclic) bond motifs is 1. The molecule has 1 atom stereocenters. The van der Waals surface area contributed by atoms with E-state index in [0.717, 1.165) is 23.1 Å². The molecule has 1 heterocycles. The van der Waals surface area contributed by atoms with Crippen molar-refractivity contribution in [3.63, 3.8) is 0 Å². The van der Waals surface area contributed by atoms with E-state index in [1.165, 1.54) is 5.56 Å². The number of aromatic nitrogens is 1. The highest BCUT2D eigenvalue weighted by atomic mass is 16.5. The summed E-state index contributed by atoms with van der Waals surface area (Å²) >= 11 is 0. The molecule has 5 nitrogen and oxygen atoms in total. The summed E-state index contributed by atoms with van der Waals surface area (Å²) in [5.41, 5.74) is 4.44. The van der Waals surface area contributed by atoms with Crippen molar-refractivity contribution in [3.05, 3.63) is 78.4 Å². The lowest BCUT2D eigenvalue weighted by atomic mass is 9.98. The number of para-hydroxylation sites is 1. The summed E-state index contributed by atoms with van der Waals surface area (Å²) in [5, 5.41) is 2.83. The van der Waals surface area contributed by atoms with Gasteiger partial charge in [0, 0.05) is 11.3 Å². The lowest BCUT2D eigenvalue weighted by molar-refractivity contribution is -0.118. The monoisotopic (exact) mass is 400 g/mol. The van der Waals surface area contributed by atoms with Gasteiger partial charge in [-0.2, -0.15) is 0 Å². The molecule has 0 saturated carbocycles. The highest BCUT2D eigenvalue weighted by Gasteiger charge is 2.11. The molecule has 0 aliphatic carbocycles. The third-order valence-corrected chi connectivity index (χ3v) is 5.12. The summed E-state index contributed by atoms with van der Waals surface area (Å²) in [7, 11) is 0. The molecule has 0 aliphatic heterocycles. The SMILES string of the molecule is CC[C@H](C)c1ccc2oc(-c3ccc(NC(=O)COc4ccccc4)cc3)nc2c1. The van der Waals surface area contributed by atoms with E-state index in [1.807, 2.05) is 60.7 Å². The predicted molar refractivity (Wildman–Crippen MR) is 119 cm³/mol. The molecule has 1 amide bonds. The Morgan fingerprint density at radius 1 is 1.07 bits per heavy atom. The fourth-order valence-corrected chi connectivity index (χ4v) is 3.17. The first-order chi connectivity index (χ1) is 14.6. The van der Waals surface area contributed by atoms with Crippen molar-refractivity contribution in [1.82, 2.24) is 4.98 Å². The van der Waals surface area contributed by atoms with Gasteiger partial charge < -0.3 is 14.5 Å². The first kappa shape index (κ1) is 19.7. The van der Waals surface area contributed by atoms with Crippen molar-refractivity contribution in [3.8, 4) is 17.2 Å². The van der Waals surface area contributed by atoms with Crippen LogP contribution in [-0.4, -0.2) is 17.5 Å². The molecule has 0 unspecified atom stereocenters. The van der Waals surface area contributed by atoms with Crippen molar-refractivity contribution in [2.24, 2.45) is 0 Å². The Morgan fingerprint density at radius 3 is 2.57 bits per heavy atom. The summed E-state index contributed by atoms with van der Waals surface area (Å²) in [4.78, 5) is 16.7. The van der Waals surface area contributed by atoms with Crippen molar-refractivity contribution in [1.29, 1.82) is 0 Å². The van der Waals surface area contributed by atoms with Crippen LogP contribution < -0.4 is 10.1 Å². The number of benzene rings is 3.